The van der Waals surface area contributed by atoms with Crippen molar-refractivity contribution in [3.8, 4) is 0 Å². The molecule has 0 aliphatic carbocycles. The molecule has 1 aliphatic rings. The lowest BCUT2D eigenvalue weighted by Gasteiger charge is -2.17. The number of aromatic amines is 1. The first kappa shape index (κ1) is 11.5. The van der Waals surface area contributed by atoms with Crippen LogP contribution in [0.25, 0.3) is 10.9 Å². The van der Waals surface area contributed by atoms with E-state index in [2.05, 4.69) is 9.29 Å². The summed E-state index contributed by atoms with van der Waals surface area (Å²) in [6, 6.07) is 3.77. The molecular weight excluding hydrogens is 248 g/mol. The van der Waals surface area contributed by atoms with Gasteiger partial charge in [-0.15, -0.1) is 0 Å². The van der Waals surface area contributed by atoms with Gasteiger partial charge in [0.2, 0.25) is 0 Å². The second kappa shape index (κ2) is 4.24. The average Bonchev–Trinajstić information content (AvgIpc) is 2.72. The minimum atomic E-state index is -0.299. The first-order chi connectivity index (χ1) is 8.70. The summed E-state index contributed by atoms with van der Waals surface area (Å²) in [6.45, 7) is 0. The second-order valence-corrected chi connectivity index (χ2v) is 5.52. The predicted molar refractivity (Wildman–Crippen MR) is 74.2 cm³/mol. The minimum Gasteiger partial charge on any atom is -0.465 e. The zero-order valence-corrected chi connectivity index (χ0v) is 11.1. The molecule has 3 rings (SSSR count). The summed E-state index contributed by atoms with van der Waals surface area (Å²) >= 11 is 1.77. The highest BCUT2D eigenvalue weighted by Crippen LogP contribution is 2.37. The van der Waals surface area contributed by atoms with Gasteiger partial charge in [0.1, 0.15) is 0 Å². The molecule has 2 heterocycles. The third-order valence-corrected chi connectivity index (χ3v) is 4.23. The molecule has 0 amide bonds. The summed E-state index contributed by atoms with van der Waals surface area (Å²) in [5.41, 5.74) is 3.97. The normalized spacial score (nSPS) is 14.7. The molecule has 1 N–H and O–H groups in total. The van der Waals surface area contributed by atoms with Crippen molar-refractivity contribution >= 4 is 34.5 Å². The number of ether oxygens (including phenoxy) is 1. The number of methoxy groups -OCH3 is 1. The molecule has 1 aromatic carbocycles. The van der Waals surface area contributed by atoms with Crippen molar-refractivity contribution in [2.75, 3.05) is 24.2 Å². The van der Waals surface area contributed by atoms with Crippen LogP contribution in [0.5, 0.6) is 0 Å². The summed E-state index contributed by atoms with van der Waals surface area (Å²) in [7, 11) is 3.44. The van der Waals surface area contributed by atoms with E-state index in [4.69, 9.17) is 4.74 Å². The lowest BCUT2D eigenvalue weighted by atomic mass is 10.1. The SMILES string of the molecule is COC(=O)c1cc2c3c(c[nH]c3c1)CCSN2C. The van der Waals surface area contributed by atoms with E-state index in [1.165, 1.54) is 18.1 Å². The Morgan fingerprint density at radius 3 is 3.11 bits per heavy atom. The van der Waals surface area contributed by atoms with Crippen LogP contribution >= 0.6 is 11.9 Å². The molecule has 4 nitrogen and oxygen atoms in total. The largest absolute Gasteiger partial charge is 0.465 e. The van der Waals surface area contributed by atoms with Gasteiger partial charge in [-0.05, 0) is 36.1 Å². The van der Waals surface area contributed by atoms with Crippen LogP contribution in [0.4, 0.5) is 5.69 Å². The first-order valence-electron chi connectivity index (χ1n) is 5.79. The number of H-pyrrole nitrogens is 1. The highest BCUT2D eigenvalue weighted by Gasteiger charge is 2.19. The maximum atomic E-state index is 11.7. The number of esters is 1. The Hall–Kier alpha value is -1.62. The summed E-state index contributed by atoms with van der Waals surface area (Å²) in [6.07, 6.45) is 3.08. The van der Waals surface area contributed by atoms with Crippen LogP contribution in [0, 0.1) is 0 Å². The Morgan fingerprint density at radius 2 is 2.33 bits per heavy atom. The van der Waals surface area contributed by atoms with E-state index in [0.29, 0.717) is 5.56 Å². The van der Waals surface area contributed by atoms with E-state index in [1.807, 2.05) is 25.4 Å². The lowest BCUT2D eigenvalue weighted by Crippen LogP contribution is -2.08. The highest BCUT2D eigenvalue weighted by molar-refractivity contribution is 8.00. The molecule has 1 aliphatic heterocycles. The molecule has 0 saturated carbocycles. The molecule has 0 spiro atoms. The van der Waals surface area contributed by atoms with Crippen molar-refractivity contribution in [2.45, 2.75) is 6.42 Å². The van der Waals surface area contributed by atoms with E-state index >= 15 is 0 Å². The zero-order valence-electron chi connectivity index (χ0n) is 10.3. The molecule has 0 atom stereocenters. The molecule has 5 heteroatoms. The Bertz CT molecular complexity index is 621. The smallest absolute Gasteiger partial charge is 0.337 e. The van der Waals surface area contributed by atoms with Gasteiger partial charge < -0.3 is 14.0 Å². The van der Waals surface area contributed by atoms with Crippen LogP contribution in [-0.4, -0.2) is 30.9 Å². The minimum absolute atomic E-state index is 0.299. The number of carbonyl (C=O) groups excluding carboxylic acids is 1. The van der Waals surface area contributed by atoms with Crippen molar-refractivity contribution in [2.24, 2.45) is 0 Å². The number of anilines is 1. The fraction of sp³-hybridized carbons (Fsp3) is 0.308. The van der Waals surface area contributed by atoms with Gasteiger partial charge in [-0.25, -0.2) is 4.79 Å². The molecule has 2 aromatic rings. The van der Waals surface area contributed by atoms with E-state index in [9.17, 15) is 4.79 Å². The van der Waals surface area contributed by atoms with Gasteiger partial charge >= 0.3 is 5.97 Å². The molecule has 0 bridgehead atoms. The van der Waals surface area contributed by atoms with Crippen molar-refractivity contribution in [1.82, 2.24) is 4.98 Å². The Labute approximate surface area is 109 Å². The molecular formula is C13H14N2O2S. The van der Waals surface area contributed by atoms with Crippen molar-refractivity contribution in [3.63, 3.8) is 0 Å². The fourth-order valence-corrected chi connectivity index (χ4v) is 3.23. The van der Waals surface area contributed by atoms with Crippen molar-refractivity contribution < 1.29 is 9.53 Å². The molecule has 0 saturated heterocycles. The van der Waals surface area contributed by atoms with Crippen LogP contribution < -0.4 is 4.31 Å². The summed E-state index contributed by atoms with van der Waals surface area (Å²) < 4.78 is 6.92. The van der Waals surface area contributed by atoms with E-state index < -0.39 is 0 Å². The molecule has 18 heavy (non-hydrogen) atoms. The maximum absolute atomic E-state index is 11.7. The van der Waals surface area contributed by atoms with Crippen molar-refractivity contribution in [3.05, 3.63) is 29.5 Å². The third kappa shape index (κ3) is 1.66. The number of nitrogens with one attached hydrogen (secondary N) is 1. The predicted octanol–water partition coefficient (Wildman–Crippen LogP) is 2.60. The van der Waals surface area contributed by atoms with Gasteiger partial charge in [0, 0.05) is 29.9 Å². The van der Waals surface area contributed by atoms with Gasteiger partial charge in [-0.3, -0.25) is 0 Å². The van der Waals surface area contributed by atoms with Gasteiger partial charge in [0.15, 0.2) is 0 Å². The number of hydrogen-bond donors (Lipinski definition) is 1. The van der Waals surface area contributed by atoms with Gasteiger partial charge in [-0.2, -0.15) is 0 Å². The summed E-state index contributed by atoms with van der Waals surface area (Å²) in [5, 5.41) is 1.22. The number of aryl methyl sites for hydroxylation is 1. The van der Waals surface area contributed by atoms with Crippen LogP contribution in [0.2, 0.25) is 0 Å². The molecule has 1 aromatic heterocycles. The fourth-order valence-electron chi connectivity index (χ4n) is 2.36. The van der Waals surface area contributed by atoms with Crippen LogP contribution in [0.1, 0.15) is 15.9 Å². The van der Waals surface area contributed by atoms with Crippen LogP contribution in [0.15, 0.2) is 18.3 Å². The quantitative estimate of drug-likeness (QED) is 0.634. The standard InChI is InChI=1S/C13H14N2O2S/c1-15-11-6-9(13(16)17-2)5-10-12(11)8(7-14-10)3-4-18-15/h5-7,14H,3-4H2,1-2H3. The van der Waals surface area contributed by atoms with Crippen LogP contribution in [-0.2, 0) is 11.2 Å². The maximum Gasteiger partial charge on any atom is 0.337 e. The topological polar surface area (TPSA) is 45.3 Å². The highest BCUT2D eigenvalue weighted by atomic mass is 32.2. The molecule has 94 valence electrons. The monoisotopic (exact) mass is 262 g/mol. The van der Waals surface area contributed by atoms with Gasteiger partial charge in [-0.1, -0.05) is 0 Å². The Kier molecular flexibility index (Phi) is 2.70. The van der Waals surface area contributed by atoms with Crippen molar-refractivity contribution in [1.29, 1.82) is 0 Å². The molecule has 0 radical (unpaired) electrons. The lowest BCUT2D eigenvalue weighted by molar-refractivity contribution is 0.0601. The number of hydrogen-bond acceptors (Lipinski definition) is 4. The Morgan fingerprint density at radius 1 is 1.50 bits per heavy atom. The summed E-state index contributed by atoms with van der Waals surface area (Å²) in [5.74, 6) is 0.748. The number of aromatic nitrogens is 1. The van der Waals surface area contributed by atoms with E-state index in [-0.39, 0.29) is 5.97 Å². The Balaban J connectivity index is 2.27. The number of benzene rings is 1. The number of rotatable bonds is 1. The number of carbonyl (C=O) groups is 1. The van der Waals surface area contributed by atoms with Gasteiger partial charge in [0.05, 0.1) is 18.4 Å². The third-order valence-electron chi connectivity index (χ3n) is 3.26. The second-order valence-electron chi connectivity index (χ2n) is 4.30. The average molecular weight is 262 g/mol. The van der Waals surface area contributed by atoms with Crippen LogP contribution in [0.3, 0.4) is 0 Å². The molecule has 0 unspecified atom stereocenters. The zero-order chi connectivity index (χ0) is 12.7. The molecule has 0 fully saturated rings. The van der Waals surface area contributed by atoms with E-state index in [1.54, 1.807) is 11.9 Å². The first-order valence-corrected chi connectivity index (χ1v) is 6.74. The summed E-state index contributed by atoms with van der Waals surface area (Å²) in [4.78, 5) is 14.9. The number of nitrogens with zero attached hydrogens (tertiary/aromatic N) is 1. The van der Waals surface area contributed by atoms with Gasteiger partial charge in [0.25, 0.3) is 0 Å². The van der Waals surface area contributed by atoms with E-state index in [0.717, 1.165) is 23.4 Å².